The molecule has 0 spiro atoms. The van der Waals surface area contributed by atoms with E-state index in [1.54, 1.807) is 31.2 Å². The van der Waals surface area contributed by atoms with Crippen molar-refractivity contribution >= 4 is 5.97 Å². The first-order chi connectivity index (χ1) is 7.58. The summed E-state index contributed by atoms with van der Waals surface area (Å²) in [6, 6.07) is 6.57. The Morgan fingerprint density at radius 3 is 2.31 bits per heavy atom. The van der Waals surface area contributed by atoms with Gasteiger partial charge in [0.15, 0.2) is 5.89 Å². The SMILES string of the molecule is Cc1nc(-c2ccc(C(=O)O)cc2)c(C)o1. The van der Waals surface area contributed by atoms with Gasteiger partial charge in [-0.2, -0.15) is 0 Å². The number of nitrogens with zero attached hydrogens (tertiary/aromatic N) is 1. The van der Waals surface area contributed by atoms with Gasteiger partial charge >= 0.3 is 5.97 Å². The zero-order valence-electron chi connectivity index (χ0n) is 9.02. The lowest BCUT2D eigenvalue weighted by atomic mass is 10.1. The van der Waals surface area contributed by atoms with Gasteiger partial charge in [-0.05, 0) is 19.1 Å². The van der Waals surface area contributed by atoms with Crippen molar-refractivity contribution < 1.29 is 14.3 Å². The summed E-state index contributed by atoms with van der Waals surface area (Å²) in [5.41, 5.74) is 1.88. The Hall–Kier alpha value is -2.10. The molecule has 2 rings (SSSR count). The highest BCUT2D eigenvalue weighted by molar-refractivity contribution is 5.88. The fraction of sp³-hybridized carbons (Fsp3) is 0.167. The minimum Gasteiger partial charge on any atom is -0.478 e. The van der Waals surface area contributed by atoms with Crippen LogP contribution >= 0.6 is 0 Å². The summed E-state index contributed by atoms with van der Waals surface area (Å²) in [4.78, 5) is 14.9. The molecule has 0 unspecified atom stereocenters. The molecule has 4 heteroatoms. The lowest BCUT2D eigenvalue weighted by Crippen LogP contribution is -1.95. The maximum Gasteiger partial charge on any atom is 0.335 e. The van der Waals surface area contributed by atoms with E-state index in [4.69, 9.17) is 9.52 Å². The number of benzene rings is 1. The Balaban J connectivity index is 2.42. The third-order valence-electron chi connectivity index (χ3n) is 2.31. The van der Waals surface area contributed by atoms with Gasteiger partial charge in [0.05, 0.1) is 5.56 Å². The van der Waals surface area contributed by atoms with Crippen LogP contribution in [0.4, 0.5) is 0 Å². The van der Waals surface area contributed by atoms with Crippen LogP contribution in [0.5, 0.6) is 0 Å². The van der Waals surface area contributed by atoms with E-state index >= 15 is 0 Å². The van der Waals surface area contributed by atoms with Crippen molar-refractivity contribution in [1.29, 1.82) is 0 Å². The monoisotopic (exact) mass is 217 g/mol. The van der Waals surface area contributed by atoms with Gasteiger partial charge < -0.3 is 9.52 Å². The highest BCUT2D eigenvalue weighted by Crippen LogP contribution is 2.23. The van der Waals surface area contributed by atoms with E-state index in [1.807, 2.05) is 6.92 Å². The van der Waals surface area contributed by atoms with Gasteiger partial charge in [-0.15, -0.1) is 0 Å². The molecular formula is C12H11NO3. The molecular weight excluding hydrogens is 206 g/mol. The molecule has 2 aromatic rings. The summed E-state index contributed by atoms with van der Waals surface area (Å²) >= 11 is 0. The number of oxazole rings is 1. The summed E-state index contributed by atoms with van der Waals surface area (Å²) in [5.74, 6) is 0.412. The molecule has 0 aliphatic heterocycles. The average molecular weight is 217 g/mol. The second-order valence-electron chi connectivity index (χ2n) is 3.52. The van der Waals surface area contributed by atoms with Crippen LogP contribution in [-0.2, 0) is 0 Å². The van der Waals surface area contributed by atoms with Crippen LogP contribution < -0.4 is 0 Å². The molecule has 0 radical (unpaired) electrons. The Morgan fingerprint density at radius 2 is 1.88 bits per heavy atom. The van der Waals surface area contributed by atoms with E-state index < -0.39 is 5.97 Å². The molecule has 0 saturated carbocycles. The van der Waals surface area contributed by atoms with Crippen LogP contribution in [0.2, 0.25) is 0 Å². The first-order valence-electron chi connectivity index (χ1n) is 4.85. The first-order valence-corrected chi connectivity index (χ1v) is 4.85. The molecule has 0 fully saturated rings. The number of carbonyl (C=O) groups is 1. The highest BCUT2D eigenvalue weighted by Gasteiger charge is 2.09. The number of aromatic nitrogens is 1. The molecule has 4 nitrogen and oxygen atoms in total. The topological polar surface area (TPSA) is 63.3 Å². The van der Waals surface area contributed by atoms with Crippen LogP contribution in [0.15, 0.2) is 28.7 Å². The molecule has 1 heterocycles. The van der Waals surface area contributed by atoms with Gasteiger partial charge in [0.1, 0.15) is 11.5 Å². The largest absolute Gasteiger partial charge is 0.478 e. The van der Waals surface area contributed by atoms with Crippen LogP contribution in [0.1, 0.15) is 22.0 Å². The van der Waals surface area contributed by atoms with Gasteiger partial charge in [0, 0.05) is 12.5 Å². The fourth-order valence-corrected chi connectivity index (χ4v) is 1.57. The second kappa shape index (κ2) is 3.81. The highest BCUT2D eigenvalue weighted by atomic mass is 16.4. The van der Waals surface area contributed by atoms with Crippen molar-refractivity contribution in [3.05, 3.63) is 41.5 Å². The third-order valence-corrected chi connectivity index (χ3v) is 2.31. The number of hydrogen-bond acceptors (Lipinski definition) is 3. The first kappa shape index (κ1) is 10.4. The Labute approximate surface area is 92.6 Å². The zero-order valence-corrected chi connectivity index (χ0v) is 9.02. The maximum absolute atomic E-state index is 10.7. The number of carboxylic acid groups (broad SMARTS) is 1. The third kappa shape index (κ3) is 1.82. The quantitative estimate of drug-likeness (QED) is 0.839. The molecule has 0 aliphatic rings. The normalized spacial score (nSPS) is 10.4. The van der Waals surface area contributed by atoms with Crippen molar-refractivity contribution in [2.75, 3.05) is 0 Å². The summed E-state index contributed by atoms with van der Waals surface area (Å²) in [5, 5.41) is 8.77. The smallest absolute Gasteiger partial charge is 0.335 e. The zero-order chi connectivity index (χ0) is 11.7. The fourth-order valence-electron chi connectivity index (χ4n) is 1.57. The van der Waals surface area contributed by atoms with E-state index in [2.05, 4.69) is 4.98 Å². The van der Waals surface area contributed by atoms with Crippen molar-refractivity contribution in [2.45, 2.75) is 13.8 Å². The van der Waals surface area contributed by atoms with Crippen molar-refractivity contribution in [2.24, 2.45) is 0 Å². The average Bonchev–Trinajstić information content (AvgIpc) is 2.58. The van der Waals surface area contributed by atoms with Gasteiger partial charge in [0.25, 0.3) is 0 Å². The predicted molar refractivity (Wildman–Crippen MR) is 58.4 cm³/mol. The molecule has 16 heavy (non-hydrogen) atoms. The van der Waals surface area contributed by atoms with E-state index in [1.165, 1.54) is 0 Å². The molecule has 0 saturated heterocycles. The number of carboxylic acids is 1. The molecule has 1 N–H and O–H groups in total. The van der Waals surface area contributed by atoms with Crippen molar-refractivity contribution in [3.8, 4) is 11.3 Å². The van der Waals surface area contributed by atoms with Gasteiger partial charge in [0.2, 0.25) is 0 Å². The van der Waals surface area contributed by atoms with Crippen LogP contribution in [0, 0.1) is 13.8 Å². The Bertz CT molecular complexity index is 526. The van der Waals surface area contributed by atoms with E-state index in [0.717, 1.165) is 17.0 Å². The van der Waals surface area contributed by atoms with Crippen molar-refractivity contribution in [3.63, 3.8) is 0 Å². The lowest BCUT2D eigenvalue weighted by Gasteiger charge is -1.98. The summed E-state index contributed by atoms with van der Waals surface area (Å²) in [7, 11) is 0. The van der Waals surface area contributed by atoms with Gasteiger partial charge in [-0.3, -0.25) is 0 Å². The minimum absolute atomic E-state index is 0.265. The lowest BCUT2D eigenvalue weighted by molar-refractivity contribution is 0.0697. The standard InChI is InChI=1S/C12H11NO3/c1-7-11(13-8(2)16-7)9-3-5-10(6-4-9)12(14)15/h3-6H,1-2H3,(H,14,15). The van der Waals surface area contributed by atoms with E-state index in [9.17, 15) is 4.79 Å². The predicted octanol–water partition coefficient (Wildman–Crippen LogP) is 2.66. The summed E-state index contributed by atoms with van der Waals surface area (Å²) < 4.78 is 5.32. The van der Waals surface area contributed by atoms with Crippen molar-refractivity contribution in [1.82, 2.24) is 4.98 Å². The number of rotatable bonds is 2. The Kier molecular flexibility index (Phi) is 2.48. The van der Waals surface area contributed by atoms with Crippen LogP contribution in [0.25, 0.3) is 11.3 Å². The number of hydrogen-bond donors (Lipinski definition) is 1. The molecule has 0 amide bonds. The summed E-state index contributed by atoms with van der Waals surface area (Å²) in [6.45, 7) is 3.61. The molecule has 0 atom stereocenters. The second-order valence-corrected chi connectivity index (χ2v) is 3.52. The minimum atomic E-state index is -0.931. The maximum atomic E-state index is 10.7. The molecule has 1 aromatic carbocycles. The van der Waals surface area contributed by atoms with E-state index in [-0.39, 0.29) is 5.56 Å². The molecule has 82 valence electrons. The number of aryl methyl sites for hydroxylation is 2. The Morgan fingerprint density at radius 1 is 1.25 bits per heavy atom. The van der Waals surface area contributed by atoms with Crippen LogP contribution in [0.3, 0.4) is 0 Å². The molecule has 1 aromatic heterocycles. The molecule has 0 bridgehead atoms. The number of aromatic carboxylic acids is 1. The molecule has 0 aliphatic carbocycles. The van der Waals surface area contributed by atoms with Crippen LogP contribution in [-0.4, -0.2) is 16.1 Å². The van der Waals surface area contributed by atoms with Gasteiger partial charge in [-0.25, -0.2) is 9.78 Å². The van der Waals surface area contributed by atoms with Gasteiger partial charge in [-0.1, -0.05) is 12.1 Å². The van der Waals surface area contributed by atoms with E-state index in [0.29, 0.717) is 5.89 Å². The summed E-state index contributed by atoms with van der Waals surface area (Å²) in [6.07, 6.45) is 0.